The summed E-state index contributed by atoms with van der Waals surface area (Å²) in [7, 11) is 3.86. The molecule has 0 bridgehead atoms. The van der Waals surface area contributed by atoms with Crippen LogP contribution in [0, 0.1) is 6.92 Å². The monoisotopic (exact) mass is 667 g/mol. The fourth-order valence-electron chi connectivity index (χ4n) is 5.67. The molecule has 254 valence electrons. The summed E-state index contributed by atoms with van der Waals surface area (Å²) in [4.78, 5) is 48.6. The van der Waals surface area contributed by atoms with Gasteiger partial charge in [-0.25, -0.2) is 9.97 Å². The Bertz CT molecular complexity index is 1860. The summed E-state index contributed by atoms with van der Waals surface area (Å²) >= 11 is 0. The number of carbonyl (C=O) groups excluding carboxylic acids is 3. The topological polar surface area (TPSA) is 279 Å². The highest BCUT2D eigenvalue weighted by molar-refractivity contribution is 6.25. The first-order valence-corrected chi connectivity index (χ1v) is 14.3. The van der Waals surface area contributed by atoms with Crippen LogP contribution in [0.5, 0.6) is 17.2 Å². The van der Waals surface area contributed by atoms with Crippen molar-refractivity contribution in [3.8, 4) is 39.8 Å². The Morgan fingerprint density at radius 1 is 0.938 bits per heavy atom. The summed E-state index contributed by atoms with van der Waals surface area (Å²) < 4.78 is 20.8. The molecule has 2 aliphatic rings. The number of methoxy groups -OCH3 is 3. The number of aliphatic hydroxyl groups is 4. The first-order valence-electron chi connectivity index (χ1n) is 14.3. The van der Waals surface area contributed by atoms with Gasteiger partial charge in [-0.05, 0) is 36.8 Å². The number of ether oxygens (including phenoxy) is 4. The van der Waals surface area contributed by atoms with E-state index < -0.39 is 66.2 Å². The molecular formula is C31H33N5O12. The zero-order valence-electron chi connectivity index (χ0n) is 26.0. The Kier molecular flexibility index (Phi) is 9.25. The number of phenols is 1. The van der Waals surface area contributed by atoms with E-state index in [2.05, 4.69) is 15.3 Å². The molecule has 1 fully saturated rings. The van der Waals surface area contributed by atoms with Crippen molar-refractivity contribution in [3.63, 3.8) is 0 Å². The number of nitrogen functional groups attached to an aromatic ring is 1. The third-order valence-corrected chi connectivity index (χ3v) is 8.18. The minimum atomic E-state index is -1.84. The maximum atomic E-state index is 13.8. The second-order valence-electron chi connectivity index (χ2n) is 10.8. The van der Waals surface area contributed by atoms with E-state index in [9.17, 15) is 39.9 Å². The third kappa shape index (κ3) is 5.42. The average Bonchev–Trinajstić information content (AvgIpc) is 3.07. The number of aliphatic hydroxyl groups excluding tert-OH is 4. The van der Waals surface area contributed by atoms with Gasteiger partial charge in [0, 0.05) is 11.1 Å². The smallest absolute Gasteiger partial charge is 0.270 e. The lowest BCUT2D eigenvalue weighted by Gasteiger charge is -2.40. The molecule has 3 heterocycles. The van der Waals surface area contributed by atoms with Crippen LogP contribution in [0.15, 0.2) is 35.7 Å². The largest absolute Gasteiger partial charge is 0.504 e. The predicted octanol–water partition coefficient (Wildman–Crippen LogP) is -0.851. The van der Waals surface area contributed by atoms with Crippen molar-refractivity contribution in [1.29, 1.82) is 0 Å². The van der Waals surface area contributed by atoms with Crippen LogP contribution in [-0.2, 0) is 9.47 Å². The summed E-state index contributed by atoms with van der Waals surface area (Å²) in [5, 5.41) is 54.5. The van der Waals surface area contributed by atoms with Gasteiger partial charge >= 0.3 is 0 Å². The Morgan fingerprint density at radius 2 is 1.62 bits per heavy atom. The standard InChI is InChI=1S/C31H33N5O12/c1-10-16(11-6-8-14(45-2)28(46-3)23(11)38)17(32)21(13-7-5-12-20(34-13)26(41)18(33)29(47-4)24(12)39)35-19(10)30(43)36-22-27(42)25(40)15(9-37)48-31(22)44/h5-8,15,22,25,27,31,37-38,40,42,44H,9,32-33H2,1-4H3,(H,36,43)/t15-,22-,25+,27-,31?/m1/s1. The summed E-state index contributed by atoms with van der Waals surface area (Å²) in [5.74, 6) is -3.09. The van der Waals surface area contributed by atoms with Gasteiger partial charge in [0.15, 0.2) is 23.5 Å². The van der Waals surface area contributed by atoms with Gasteiger partial charge in [-0.2, -0.15) is 0 Å². The molecule has 2 aromatic heterocycles. The van der Waals surface area contributed by atoms with E-state index in [1.807, 2.05) is 0 Å². The van der Waals surface area contributed by atoms with Gasteiger partial charge in [0.25, 0.3) is 5.91 Å². The SMILES string of the molecule is COC1=C(N)C(=O)c2nc(-c3nc(C(=O)N[C@H]4C(O)O[C@H](CO)[C@H](O)[C@@H]4O)c(C)c(-c4ccc(OC)c(OC)c4O)c3N)ccc2C1=O. The van der Waals surface area contributed by atoms with Crippen LogP contribution >= 0.6 is 0 Å². The van der Waals surface area contributed by atoms with E-state index in [1.54, 1.807) is 0 Å². The number of aromatic hydroxyl groups is 1. The van der Waals surface area contributed by atoms with E-state index in [1.165, 1.54) is 52.5 Å². The number of nitrogens with zero attached hydrogens (tertiary/aromatic N) is 2. The number of carbonyl (C=O) groups is 3. The molecule has 3 aromatic rings. The zero-order valence-corrected chi connectivity index (χ0v) is 26.0. The number of phenolic OH excluding ortho intramolecular Hbond substituents is 1. The highest BCUT2D eigenvalue weighted by atomic mass is 16.6. The van der Waals surface area contributed by atoms with Gasteiger partial charge in [0.1, 0.15) is 47.1 Å². The predicted molar refractivity (Wildman–Crippen MR) is 165 cm³/mol. The van der Waals surface area contributed by atoms with Gasteiger partial charge in [0.05, 0.1) is 44.9 Å². The van der Waals surface area contributed by atoms with Gasteiger partial charge in [-0.3, -0.25) is 14.4 Å². The lowest BCUT2D eigenvalue weighted by Crippen LogP contribution is -2.64. The Morgan fingerprint density at radius 3 is 2.25 bits per heavy atom. The van der Waals surface area contributed by atoms with Crippen molar-refractivity contribution in [1.82, 2.24) is 15.3 Å². The summed E-state index contributed by atoms with van der Waals surface area (Å²) in [5.41, 5.74) is 11.2. The number of amides is 1. The first kappa shape index (κ1) is 34.0. The van der Waals surface area contributed by atoms with E-state index >= 15 is 0 Å². The number of anilines is 1. The number of nitrogens with two attached hydrogens (primary N) is 2. The molecule has 1 amide bonds. The number of Topliss-reactive ketones (excluding diaryl/α,β-unsaturated/α-hetero) is 2. The van der Waals surface area contributed by atoms with Crippen LogP contribution in [-0.4, -0.2) is 112 Å². The van der Waals surface area contributed by atoms with Crippen LogP contribution in [0.2, 0.25) is 0 Å². The fourth-order valence-corrected chi connectivity index (χ4v) is 5.67. The van der Waals surface area contributed by atoms with E-state index in [0.29, 0.717) is 0 Å². The van der Waals surface area contributed by atoms with Crippen LogP contribution in [0.1, 0.15) is 36.9 Å². The number of aromatic nitrogens is 2. The van der Waals surface area contributed by atoms with Crippen LogP contribution in [0.4, 0.5) is 5.69 Å². The molecule has 5 atom stereocenters. The quantitative estimate of drug-likeness (QED) is 0.145. The Labute approximate surface area is 272 Å². The number of nitrogens with one attached hydrogen (secondary N) is 1. The maximum Gasteiger partial charge on any atom is 0.270 e. The van der Waals surface area contributed by atoms with Crippen LogP contribution in [0.25, 0.3) is 22.5 Å². The molecule has 1 aliphatic carbocycles. The zero-order chi connectivity index (χ0) is 35.2. The second kappa shape index (κ2) is 13.1. The molecule has 17 heteroatoms. The molecule has 1 aliphatic heterocycles. The minimum absolute atomic E-state index is 0.0524. The van der Waals surface area contributed by atoms with E-state index in [0.717, 1.165) is 0 Å². The van der Waals surface area contributed by atoms with E-state index in [-0.39, 0.29) is 68.0 Å². The molecule has 0 radical (unpaired) electrons. The van der Waals surface area contributed by atoms with Gasteiger partial charge < -0.3 is 61.3 Å². The highest BCUT2D eigenvalue weighted by Gasteiger charge is 2.45. The Balaban J connectivity index is 1.71. The number of pyridine rings is 2. The lowest BCUT2D eigenvalue weighted by molar-refractivity contribution is -0.252. The van der Waals surface area contributed by atoms with Crippen molar-refractivity contribution in [3.05, 3.63) is 58.2 Å². The minimum Gasteiger partial charge on any atom is -0.504 e. The first-order chi connectivity index (χ1) is 22.8. The molecule has 1 unspecified atom stereocenters. The van der Waals surface area contributed by atoms with Crippen molar-refractivity contribution < 1.29 is 58.9 Å². The number of allylic oxidation sites excluding steroid dienone is 2. The molecule has 17 nitrogen and oxygen atoms in total. The molecular weight excluding hydrogens is 634 g/mol. The maximum absolute atomic E-state index is 13.8. The number of fused-ring (bicyclic) bond motifs is 1. The number of benzene rings is 1. The van der Waals surface area contributed by atoms with Gasteiger partial charge in [-0.15, -0.1) is 0 Å². The van der Waals surface area contributed by atoms with E-state index in [4.69, 9.17) is 30.4 Å². The average molecular weight is 668 g/mol. The summed E-state index contributed by atoms with van der Waals surface area (Å²) in [6, 6.07) is 3.99. The lowest BCUT2D eigenvalue weighted by atomic mass is 9.92. The molecule has 0 spiro atoms. The normalized spacial score (nSPS) is 22.3. The number of rotatable bonds is 8. The van der Waals surface area contributed by atoms with Crippen molar-refractivity contribution in [2.75, 3.05) is 33.7 Å². The number of ketones is 2. The van der Waals surface area contributed by atoms with Crippen LogP contribution in [0.3, 0.4) is 0 Å². The van der Waals surface area contributed by atoms with Crippen molar-refractivity contribution >= 4 is 23.2 Å². The second-order valence-corrected chi connectivity index (χ2v) is 10.8. The fraction of sp³-hybridized carbons (Fsp3) is 0.323. The van der Waals surface area contributed by atoms with Gasteiger partial charge in [0.2, 0.25) is 17.3 Å². The Hall–Kier alpha value is -5.33. The molecule has 48 heavy (non-hydrogen) atoms. The molecule has 1 aromatic carbocycles. The van der Waals surface area contributed by atoms with Crippen molar-refractivity contribution in [2.45, 2.75) is 37.6 Å². The molecule has 0 saturated carbocycles. The van der Waals surface area contributed by atoms with Crippen LogP contribution < -0.4 is 26.3 Å². The van der Waals surface area contributed by atoms with Crippen molar-refractivity contribution in [2.24, 2.45) is 5.73 Å². The highest BCUT2D eigenvalue weighted by Crippen LogP contribution is 2.47. The summed E-state index contributed by atoms with van der Waals surface area (Å²) in [6.45, 7) is 0.751. The third-order valence-electron chi connectivity index (χ3n) is 8.18. The molecule has 1 saturated heterocycles. The number of hydrogen-bond donors (Lipinski definition) is 8. The summed E-state index contributed by atoms with van der Waals surface area (Å²) in [6.07, 6.45) is -6.59. The molecule has 5 rings (SSSR count). The van der Waals surface area contributed by atoms with Gasteiger partial charge in [-0.1, -0.05) is 0 Å². The molecule has 10 N–H and O–H groups in total. The number of hydrogen-bond acceptors (Lipinski definition) is 16.